The number of nitrogens with one attached hydrogen (secondary N) is 1. The number of methoxy groups -OCH3 is 2. The van der Waals surface area contributed by atoms with Gasteiger partial charge >= 0.3 is 6.01 Å². The van der Waals surface area contributed by atoms with Crippen LogP contribution in [0.25, 0.3) is 11.0 Å². The summed E-state index contributed by atoms with van der Waals surface area (Å²) in [6.45, 7) is 0.634. The number of ether oxygens (including phenoxy) is 2. The molecule has 2 aromatic rings. The van der Waals surface area contributed by atoms with Crippen LogP contribution in [-0.2, 0) is 5.41 Å². The van der Waals surface area contributed by atoms with Crippen LogP contribution >= 0.6 is 0 Å². The third-order valence-corrected chi connectivity index (χ3v) is 4.12. The Morgan fingerprint density at radius 1 is 1.32 bits per heavy atom. The predicted octanol–water partition coefficient (Wildman–Crippen LogP) is 1.36. The first kappa shape index (κ1) is 12.2. The monoisotopic (exact) mass is 262 g/mol. The third-order valence-electron chi connectivity index (χ3n) is 4.12. The van der Waals surface area contributed by atoms with E-state index in [0.717, 1.165) is 29.4 Å². The first-order valence-corrected chi connectivity index (χ1v) is 6.42. The number of rotatable bonds is 4. The standard InChI is InChI=1S/C13H18N4O2/c1-18-11-10-9(16-12(17-11)19-2)8(6-15-10)13(7-14)4-3-5-13/h6,15H,3-5,7,14H2,1-2H3. The average molecular weight is 262 g/mol. The largest absolute Gasteiger partial charge is 0.479 e. The number of aromatic nitrogens is 3. The minimum Gasteiger partial charge on any atom is -0.479 e. The summed E-state index contributed by atoms with van der Waals surface area (Å²) in [5.41, 5.74) is 8.82. The van der Waals surface area contributed by atoms with Gasteiger partial charge in [0.2, 0.25) is 5.88 Å². The summed E-state index contributed by atoms with van der Waals surface area (Å²) in [7, 11) is 3.14. The Morgan fingerprint density at radius 2 is 2.11 bits per heavy atom. The number of H-pyrrole nitrogens is 1. The Kier molecular flexibility index (Phi) is 2.82. The number of fused-ring (bicyclic) bond motifs is 1. The fourth-order valence-electron chi connectivity index (χ4n) is 2.79. The minimum absolute atomic E-state index is 0.0443. The molecule has 0 bridgehead atoms. The summed E-state index contributed by atoms with van der Waals surface area (Å²) in [6.07, 6.45) is 5.40. The van der Waals surface area contributed by atoms with Gasteiger partial charge in [0.25, 0.3) is 0 Å². The predicted molar refractivity (Wildman–Crippen MR) is 71.6 cm³/mol. The molecule has 1 aliphatic carbocycles. The number of aromatic amines is 1. The highest BCUT2D eigenvalue weighted by Crippen LogP contribution is 2.45. The van der Waals surface area contributed by atoms with E-state index < -0.39 is 0 Å². The van der Waals surface area contributed by atoms with Crippen molar-refractivity contribution in [3.05, 3.63) is 11.8 Å². The molecule has 0 atom stereocenters. The van der Waals surface area contributed by atoms with Crippen LogP contribution in [0.15, 0.2) is 6.20 Å². The van der Waals surface area contributed by atoms with Gasteiger partial charge in [-0.2, -0.15) is 9.97 Å². The lowest BCUT2D eigenvalue weighted by molar-refractivity contribution is 0.255. The second-order valence-corrected chi connectivity index (χ2v) is 4.98. The molecule has 0 spiro atoms. The van der Waals surface area contributed by atoms with E-state index in [4.69, 9.17) is 15.2 Å². The molecule has 3 rings (SSSR count). The zero-order valence-electron chi connectivity index (χ0n) is 11.2. The lowest BCUT2D eigenvalue weighted by Gasteiger charge is -2.40. The van der Waals surface area contributed by atoms with Crippen molar-refractivity contribution in [1.29, 1.82) is 0 Å². The molecule has 0 unspecified atom stereocenters. The van der Waals surface area contributed by atoms with Gasteiger partial charge in [-0.15, -0.1) is 0 Å². The SMILES string of the molecule is COc1nc(OC)c2[nH]cc(C3(CN)CCC3)c2n1. The molecule has 1 fully saturated rings. The zero-order chi connectivity index (χ0) is 13.5. The molecule has 102 valence electrons. The van der Waals surface area contributed by atoms with E-state index in [1.807, 2.05) is 6.20 Å². The molecule has 19 heavy (non-hydrogen) atoms. The Labute approximate surface area is 111 Å². The van der Waals surface area contributed by atoms with Crippen molar-refractivity contribution in [2.45, 2.75) is 24.7 Å². The maximum Gasteiger partial charge on any atom is 0.320 e. The van der Waals surface area contributed by atoms with E-state index in [1.54, 1.807) is 14.2 Å². The molecule has 2 aromatic heterocycles. The highest BCUT2D eigenvalue weighted by atomic mass is 16.5. The van der Waals surface area contributed by atoms with E-state index in [9.17, 15) is 0 Å². The summed E-state index contributed by atoms with van der Waals surface area (Å²) in [4.78, 5) is 11.8. The number of nitrogens with zero attached hydrogens (tertiary/aromatic N) is 2. The molecule has 2 heterocycles. The first-order chi connectivity index (χ1) is 9.24. The molecule has 6 nitrogen and oxygen atoms in total. The van der Waals surface area contributed by atoms with Crippen LogP contribution < -0.4 is 15.2 Å². The molecule has 0 aromatic carbocycles. The quantitative estimate of drug-likeness (QED) is 0.868. The maximum atomic E-state index is 5.97. The number of nitrogens with two attached hydrogens (primary N) is 1. The van der Waals surface area contributed by atoms with Crippen LogP contribution in [0.3, 0.4) is 0 Å². The van der Waals surface area contributed by atoms with Gasteiger partial charge in [-0.05, 0) is 12.8 Å². The molecule has 0 saturated heterocycles. The van der Waals surface area contributed by atoms with Crippen molar-refractivity contribution in [2.75, 3.05) is 20.8 Å². The van der Waals surface area contributed by atoms with Crippen molar-refractivity contribution in [1.82, 2.24) is 15.0 Å². The Balaban J connectivity index is 2.21. The fourth-order valence-corrected chi connectivity index (χ4v) is 2.79. The molecule has 0 radical (unpaired) electrons. The Hall–Kier alpha value is -1.82. The summed E-state index contributed by atoms with van der Waals surface area (Å²) >= 11 is 0. The van der Waals surface area contributed by atoms with Crippen LogP contribution in [0.5, 0.6) is 11.9 Å². The van der Waals surface area contributed by atoms with Crippen molar-refractivity contribution < 1.29 is 9.47 Å². The van der Waals surface area contributed by atoms with Crippen molar-refractivity contribution in [2.24, 2.45) is 5.73 Å². The molecule has 1 aliphatic rings. The van der Waals surface area contributed by atoms with Crippen molar-refractivity contribution in [3.8, 4) is 11.9 Å². The number of hydrogen-bond acceptors (Lipinski definition) is 5. The maximum absolute atomic E-state index is 5.97. The van der Waals surface area contributed by atoms with Gasteiger partial charge in [0.1, 0.15) is 11.0 Å². The molecule has 6 heteroatoms. The van der Waals surface area contributed by atoms with Crippen molar-refractivity contribution >= 4 is 11.0 Å². The van der Waals surface area contributed by atoms with Gasteiger partial charge < -0.3 is 20.2 Å². The topological polar surface area (TPSA) is 86.0 Å². The fraction of sp³-hybridized carbons (Fsp3) is 0.538. The molecule has 1 saturated carbocycles. The Morgan fingerprint density at radius 3 is 2.63 bits per heavy atom. The third kappa shape index (κ3) is 1.67. The molecular formula is C13H18N4O2. The normalized spacial score (nSPS) is 17.2. The molecule has 0 aliphatic heterocycles. The average Bonchev–Trinajstić information content (AvgIpc) is 2.81. The summed E-state index contributed by atoms with van der Waals surface area (Å²) in [5, 5.41) is 0. The Bertz CT molecular complexity index is 598. The van der Waals surface area contributed by atoms with Crippen molar-refractivity contribution in [3.63, 3.8) is 0 Å². The van der Waals surface area contributed by atoms with Crippen LogP contribution in [0, 0.1) is 0 Å². The lowest BCUT2D eigenvalue weighted by atomic mass is 9.65. The van der Waals surface area contributed by atoms with Gasteiger partial charge in [-0.25, -0.2) is 0 Å². The van der Waals surface area contributed by atoms with Crippen LogP contribution in [0.2, 0.25) is 0 Å². The van der Waals surface area contributed by atoms with Crippen LogP contribution in [0.4, 0.5) is 0 Å². The van der Waals surface area contributed by atoms with Crippen LogP contribution in [-0.4, -0.2) is 35.7 Å². The van der Waals surface area contributed by atoms with Gasteiger partial charge in [-0.1, -0.05) is 6.42 Å². The van der Waals surface area contributed by atoms with E-state index in [1.165, 1.54) is 6.42 Å². The second kappa shape index (κ2) is 4.38. The molecular weight excluding hydrogens is 244 g/mol. The van der Waals surface area contributed by atoms with Crippen LogP contribution in [0.1, 0.15) is 24.8 Å². The summed E-state index contributed by atoms with van der Waals surface area (Å²) in [5.74, 6) is 0.500. The zero-order valence-corrected chi connectivity index (χ0v) is 11.2. The van der Waals surface area contributed by atoms with Gasteiger partial charge in [0, 0.05) is 23.7 Å². The summed E-state index contributed by atoms with van der Waals surface area (Å²) < 4.78 is 10.4. The highest BCUT2D eigenvalue weighted by molar-refractivity contribution is 5.84. The highest BCUT2D eigenvalue weighted by Gasteiger charge is 2.40. The summed E-state index contributed by atoms with van der Waals surface area (Å²) in [6, 6.07) is 0.316. The van der Waals surface area contributed by atoms with E-state index >= 15 is 0 Å². The minimum atomic E-state index is 0.0443. The number of hydrogen-bond donors (Lipinski definition) is 2. The van der Waals surface area contributed by atoms with E-state index in [0.29, 0.717) is 18.4 Å². The second-order valence-electron chi connectivity index (χ2n) is 4.98. The smallest absolute Gasteiger partial charge is 0.320 e. The van der Waals surface area contributed by atoms with Gasteiger partial charge in [0.15, 0.2) is 0 Å². The van der Waals surface area contributed by atoms with E-state index in [2.05, 4.69) is 15.0 Å². The lowest BCUT2D eigenvalue weighted by Crippen LogP contribution is -2.41. The first-order valence-electron chi connectivity index (χ1n) is 6.42. The van der Waals surface area contributed by atoms with Gasteiger partial charge in [0.05, 0.1) is 14.2 Å². The van der Waals surface area contributed by atoms with Gasteiger partial charge in [-0.3, -0.25) is 0 Å². The molecule has 3 N–H and O–H groups in total. The molecule has 0 amide bonds. The van der Waals surface area contributed by atoms with E-state index in [-0.39, 0.29) is 5.41 Å².